The first kappa shape index (κ1) is 12.2. The lowest BCUT2D eigenvalue weighted by molar-refractivity contribution is 0.510. The average molecular weight is 272 g/mol. The van der Waals surface area contributed by atoms with Gasteiger partial charge in [0.2, 0.25) is 5.89 Å². The lowest BCUT2D eigenvalue weighted by Gasteiger charge is -2.03. The summed E-state index contributed by atoms with van der Waals surface area (Å²) in [7, 11) is 0. The molecule has 17 heavy (non-hydrogen) atoms. The number of aryl methyl sites for hydroxylation is 1. The maximum Gasteiger partial charge on any atom is 0.320 e. The second kappa shape index (κ2) is 4.94. The van der Waals surface area contributed by atoms with Crippen molar-refractivity contribution in [1.29, 1.82) is 0 Å². The summed E-state index contributed by atoms with van der Waals surface area (Å²) in [5, 5.41) is 11.0. The number of nitrogens with one attached hydrogen (secondary N) is 1. The van der Waals surface area contributed by atoms with Gasteiger partial charge in [-0.25, -0.2) is 0 Å². The lowest BCUT2D eigenvalue weighted by atomic mass is 10.2. The van der Waals surface area contributed by atoms with Crippen molar-refractivity contribution in [2.75, 3.05) is 5.32 Å². The summed E-state index contributed by atoms with van der Waals surface area (Å²) in [5.74, 6) is 0.382. The van der Waals surface area contributed by atoms with Gasteiger partial charge in [0.05, 0.1) is 0 Å². The van der Waals surface area contributed by atoms with Crippen LogP contribution in [0.15, 0.2) is 22.6 Å². The zero-order valence-electron chi connectivity index (χ0n) is 9.37. The predicted octanol–water partition coefficient (Wildman–Crippen LogP) is 4.07. The number of hydrogen-bond acceptors (Lipinski definition) is 4. The van der Waals surface area contributed by atoms with Gasteiger partial charge >= 0.3 is 6.01 Å². The van der Waals surface area contributed by atoms with Crippen LogP contribution in [0.3, 0.4) is 0 Å². The molecule has 6 heteroatoms. The highest BCUT2D eigenvalue weighted by Gasteiger charge is 2.11. The maximum atomic E-state index is 6.01. The van der Waals surface area contributed by atoms with Crippen LogP contribution in [0, 0.1) is 6.92 Å². The van der Waals surface area contributed by atoms with E-state index < -0.39 is 0 Å². The number of halogens is 2. The van der Waals surface area contributed by atoms with Crippen molar-refractivity contribution in [3.63, 3.8) is 0 Å². The molecule has 0 radical (unpaired) electrons. The fourth-order valence-electron chi connectivity index (χ4n) is 1.24. The number of benzene rings is 1. The van der Waals surface area contributed by atoms with Crippen LogP contribution < -0.4 is 5.32 Å². The highest BCUT2D eigenvalue weighted by molar-refractivity contribution is 6.31. The fourth-order valence-corrected chi connectivity index (χ4v) is 1.51. The molecule has 2 aromatic rings. The number of nitrogens with zero attached hydrogens (tertiary/aromatic N) is 2. The third-order valence-electron chi connectivity index (χ3n) is 2.20. The highest BCUT2D eigenvalue weighted by atomic mass is 35.5. The molecule has 0 saturated carbocycles. The Labute approximate surface area is 109 Å². The van der Waals surface area contributed by atoms with Crippen LogP contribution in [-0.2, 0) is 0 Å². The largest absolute Gasteiger partial charge is 0.406 e. The monoisotopic (exact) mass is 271 g/mol. The molecule has 90 valence electrons. The molecule has 0 amide bonds. The molecule has 0 aliphatic rings. The van der Waals surface area contributed by atoms with Crippen molar-refractivity contribution in [2.24, 2.45) is 0 Å². The molecule has 0 spiro atoms. The molecule has 0 saturated heterocycles. The molecular formula is C11H11Cl2N3O. The molecule has 0 aliphatic heterocycles. The molecule has 1 aromatic heterocycles. The van der Waals surface area contributed by atoms with Gasteiger partial charge in [-0.05, 0) is 31.5 Å². The Morgan fingerprint density at radius 2 is 2.12 bits per heavy atom. The predicted molar refractivity (Wildman–Crippen MR) is 68.0 cm³/mol. The van der Waals surface area contributed by atoms with Crippen LogP contribution >= 0.6 is 23.2 Å². The van der Waals surface area contributed by atoms with Gasteiger partial charge in [0.15, 0.2) is 0 Å². The summed E-state index contributed by atoms with van der Waals surface area (Å²) in [6.07, 6.45) is 0. The third-order valence-corrected chi connectivity index (χ3v) is 2.80. The first-order valence-electron chi connectivity index (χ1n) is 5.07. The number of alkyl halides is 1. The van der Waals surface area contributed by atoms with E-state index in [1.165, 1.54) is 0 Å². The van der Waals surface area contributed by atoms with Crippen LogP contribution in [0.1, 0.15) is 23.8 Å². The van der Waals surface area contributed by atoms with E-state index in [0.29, 0.717) is 16.9 Å². The minimum absolute atomic E-state index is 0.299. The van der Waals surface area contributed by atoms with Gasteiger partial charge in [-0.3, -0.25) is 0 Å². The van der Waals surface area contributed by atoms with Gasteiger partial charge in [-0.15, -0.1) is 16.7 Å². The number of aromatic nitrogens is 2. The van der Waals surface area contributed by atoms with Gasteiger partial charge in [0.1, 0.15) is 5.38 Å². The molecule has 4 nitrogen and oxygen atoms in total. The van der Waals surface area contributed by atoms with E-state index in [1.54, 1.807) is 13.0 Å². The van der Waals surface area contributed by atoms with Crippen LogP contribution in [0.4, 0.5) is 11.7 Å². The second-order valence-corrected chi connectivity index (χ2v) is 4.71. The number of rotatable bonds is 3. The second-order valence-electron chi connectivity index (χ2n) is 3.65. The van der Waals surface area contributed by atoms with Crippen molar-refractivity contribution in [1.82, 2.24) is 10.2 Å². The van der Waals surface area contributed by atoms with E-state index in [4.69, 9.17) is 27.6 Å². The molecule has 1 unspecified atom stereocenters. The van der Waals surface area contributed by atoms with Crippen LogP contribution in [0.25, 0.3) is 0 Å². The van der Waals surface area contributed by atoms with Crippen molar-refractivity contribution in [3.8, 4) is 0 Å². The average Bonchev–Trinajstić information content (AvgIpc) is 2.72. The van der Waals surface area contributed by atoms with Gasteiger partial charge in [0, 0.05) is 10.7 Å². The fraction of sp³-hybridized carbons (Fsp3) is 0.273. The van der Waals surface area contributed by atoms with E-state index in [2.05, 4.69) is 15.5 Å². The van der Waals surface area contributed by atoms with Crippen molar-refractivity contribution in [2.45, 2.75) is 19.2 Å². The highest BCUT2D eigenvalue weighted by Crippen LogP contribution is 2.24. The van der Waals surface area contributed by atoms with Crippen LogP contribution in [0.2, 0.25) is 5.02 Å². The Morgan fingerprint density at radius 3 is 2.71 bits per heavy atom. The van der Waals surface area contributed by atoms with Gasteiger partial charge in [-0.1, -0.05) is 22.8 Å². The lowest BCUT2D eigenvalue weighted by Crippen LogP contribution is -1.90. The SMILES string of the molecule is Cc1ccc(Nc2nnc(C(C)Cl)o2)cc1Cl. The summed E-state index contributed by atoms with van der Waals surface area (Å²) in [4.78, 5) is 0. The molecule has 0 bridgehead atoms. The Bertz CT molecular complexity index is 525. The molecule has 1 atom stereocenters. The Morgan fingerprint density at radius 1 is 1.35 bits per heavy atom. The molecule has 1 heterocycles. The normalized spacial score (nSPS) is 12.5. The molecular weight excluding hydrogens is 261 g/mol. The van der Waals surface area contributed by atoms with Gasteiger partial charge < -0.3 is 9.73 Å². The Hall–Kier alpha value is -1.26. The summed E-state index contributed by atoms with van der Waals surface area (Å²) < 4.78 is 5.31. The smallest absolute Gasteiger partial charge is 0.320 e. The maximum absolute atomic E-state index is 6.01. The van der Waals surface area contributed by atoms with Gasteiger partial charge in [-0.2, -0.15) is 0 Å². The van der Waals surface area contributed by atoms with E-state index >= 15 is 0 Å². The summed E-state index contributed by atoms with van der Waals surface area (Å²) in [6.45, 7) is 3.70. The molecule has 1 aromatic carbocycles. The van der Waals surface area contributed by atoms with Crippen LogP contribution in [0.5, 0.6) is 0 Å². The Balaban J connectivity index is 2.16. The minimum Gasteiger partial charge on any atom is -0.406 e. The number of anilines is 2. The van der Waals surface area contributed by atoms with Crippen molar-refractivity contribution >= 4 is 34.9 Å². The van der Waals surface area contributed by atoms with Crippen molar-refractivity contribution < 1.29 is 4.42 Å². The van der Waals surface area contributed by atoms with E-state index in [9.17, 15) is 0 Å². The van der Waals surface area contributed by atoms with Crippen molar-refractivity contribution in [3.05, 3.63) is 34.7 Å². The summed E-state index contributed by atoms with van der Waals surface area (Å²) >= 11 is 11.8. The topological polar surface area (TPSA) is 51.0 Å². The van der Waals surface area contributed by atoms with Crippen LogP contribution in [-0.4, -0.2) is 10.2 Å². The minimum atomic E-state index is -0.306. The Kier molecular flexibility index (Phi) is 3.54. The molecule has 2 rings (SSSR count). The third kappa shape index (κ3) is 2.90. The first-order valence-corrected chi connectivity index (χ1v) is 5.88. The quantitative estimate of drug-likeness (QED) is 0.855. The molecule has 1 N–H and O–H groups in total. The van der Waals surface area contributed by atoms with E-state index in [-0.39, 0.29) is 5.38 Å². The summed E-state index contributed by atoms with van der Waals surface area (Å²) in [5.41, 5.74) is 1.80. The van der Waals surface area contributed by atoms with Gasteiger partial charge in [0.25, 0.3) is 0 Å². The standard InChI is InChI=1S/C11H11Cl2N3O/c1-6-3-4-8(5-9(6)13)14-11-16-15-10(17-11)7(2)12/h3-5,7H,1-2H3,(H,14,16). The zero-order chi connectivity index (χ0) is 12.4. The molecule has 0 aliphatic carbocycles. The zero-order valence-corrected chi connectivity index (χ0v) is 10.9. The van der Waals surface area contributed by atoms with E-state index in [1.807, 2.05) is 19.1 Å². The number of hydrogen-bond donors (Lipinski definition) is 1. The van der Waals surface area contributed by atoms with E-state index in [0.717, 1.165) is 11.3 Å². The summed E-state index contributed by atoms with van der Waals surface area (Å²) in [6, 6.07) is 5.89. The molecule has 0 fully saturated rings. The first-order chi connectivity index (χ1) is 8.06.